The van der Waals surface area contributed by atoms with Gasteiger partial charge in [-0.25, -0.2) is 0 Å². The van der Waals surface area contributed by atoms with Crippen molar-refractivity contribution in [2.75, 3.05) is 20.2 Å². The number of carbonyl (C=O) groups is 1. The van der Waals surface area contributed by atoms with Gasteiger partial charge in [-0.05, 0) is 25.0 Å². The Bertz CT molecular complexity index is 761. The lowest BCUT2D eigenvalue weighted by Gasteiger charge is -2.39. The second kappa shape index (κ2) is 7.40. The van der Waals surface area contributed by atoms with Gasteiger partial charge in [0.15, 0.2) is 0 Å². The predicted molar refractivity (Wildman–Crippen MR) is 97.7 cm³/mol. The number of ether oxygens (including phenoxy) is 2. The lowest BCUT2D eigenvalue weighted by molar-refractivity contribution is 0.0176. The molecule has 1 amide bonds. The van der Waals surface area contributed by atoms with E-state index in [2.05, 4.69) is 10.2 Å². The quantitative estimate of drug-likeness (QED) is 0.893. The number of hydrogen-bond donors (Lipinski definition) is 1. The molecular weight excluding hydrogens is 330 g/mol. The number of aromatic nitrogens is 2. The summed E-state index contributed by atoms with van der Waals surface area (Å²) < 4.78 is 11.2. The smallest absolute Gasteiger partial charge is 0.257 e. The minimum atomic E-state index is 0.0242. The Morgan fingerprint density at radius 3 is 2.73 bits per heavy atom. The van der Waals surface area contributed by atoms with E-state index in [1.165, 1.54) is 19.3 Å². The molecule has 1 aliphatic heterocycles. The highest BCUT2D eigenvalue weighted by Gasteiger charge is 2.35. The molecule has 6 heteroatoms. The molecule has 2 aliphatic rings. The van der Waals surface area contributed by atoms with Crippen LogP contribution in [0.3, 0.4) is 0 Å². The van der Waals surface area contributed by atoms with Crippen molar-refractivity contribution >= 4 is 5.91 Å². The van der Waals surface area contributed by atoms with Crippen LogP contribution in [0.5, 0.6) is 11.5 Å². The van der Waals surface area contributed by atoms with Gasteiger partial charge in [0, 0.05) is 12.0 Å². The first-order valence-corrected chi connectivity index (χ1v) is 9.38. The maximum atomic E-state index is 12.8. The summed E-state index contributed by atoms with van der Waals surface area (Å²) in [5.41, 5.74) is 1.75. The Balaban J connectivity index is 1.35. The molecule has 2 heterocycles. The van der Waals surface area contributed by atoms with Crippen LogP contribution < -0.4 is 9.47 Å². The minimum Gasteiger partial charge on any atom is -0.497 e. The molecule has 1 saturated heterocycles. The van der Waals surface area contributed by atoms with Gasteiger partial charge in [0.2, 0.25) is 0 Å². The number of amides is 1. The zero-order valence-electron chi connectivity index (χ0n) is 15.1. The first-order chi connectivity index (χ1) is 12.7. The fourth-order valence-electron chi connectivity index (χ4n) is 3.88. The SMILES string of the molecule is COc1cccc(OC2CN(C(=O)c3cn[nH]c3C3CCCCC3)C2)c1. The Morgan fingerprint density at radius 1 is 1.19 bits per heavy atom. The van der Waals surface area contributed by atoms with Crippen molar-refractivity contribution in [2.45, 2.75) is 44.1 Å². The molecule has 0 radical (unpaired) electrons. The summed E-state index contributed by atoms with van der Waals surface area (Å²) >= 11 is 0. The third-order valence-corrected chi connectivity index (χ3v) is 5.39. The summed E-state index contributed by atoms with van der Waals surface area (Å²) in [5, 5.41) is 7.23. The molecule has 6 nitrogen and oxygen atoms in total. The van der Waals surface area contributed by atoms with Gasteiger partial charge in [-0.15, -0.1) is 0 Å². The number of methoxy groups -OCH3 is 1. The summed E-state index contributed by atoms with van der Waals surface area (Å²) in [6.07, 6.45) is 7.76. The number of carbonyl (C=O) groups excluding carboxylic acids is 1. The number of hydrogen-bond acceptors (Lipinski definition) is 4. The maximum Gasteiger partial charge on any atom is 0.257 e. The van der Waals surface area contributed by atoms with E-state index in [9.17, 15) is 4.79 Å². The van der Waals surface area contributed by atoms with Gasteiger partial charge in [-0.2, -0.15) is 5.10 Å². The fraction of sp³-hybridized carbons (Fsp3) is 0.500. The van der Waals surface area contributed by atoms with Crippen LogP contribution in [0, 0.1) is 0 Å². The summed E-state index contributed by atoms with van der Waals surface area (Å²) in [6.45, 7) is 1.21. The van der Waals surface area contributed by atoms with Crippen LogP contribution in [0.15, 0.2) is 30.5 Å². The monoisotopic (exact) mass is 355 g/mol. The number of benzene rings is 1. The van der Waals surface area contributed by atoms with Gasteiger partial charge in [0.05, 0.1) is 37.7 Å². The van der Waals surface area contributed by atoms with Gasteiger partial charge in [0.25, 0.3) is 5.91 Å². The maximum absolute atomic E-state index is 12.8. The Labute approximate surface area is 153 Å². The number of H-pyrrole nitrogens is 1. The molecule has 1 aromatic heterocycles. The van der Waals surface area contributed by atoms with Crippen molar-refractivity contribution in [3.05, 3.63) is 41.7 Å². The third kappa shape index (κ3) is 3.41. The standard InChI is InChI=1S/C20H25N3O3/c1-25-15-8-5-9-16(10-15)26-17-12-23(13-17)20(24)18-11-21-22-19(18)14-6-3-2-4-7-14/h5,8-11,14,17H,2-4,6-7,12-13H2,1H3,(H,21,22). The average molecular weight is 355 g/mol. The van der Waals surface area contributed by atoms with Crippen LogP contribution in [0.1, 0.15) is 54.1 Å². The minimum absolute atomic E-state index is 0.0242. The first kappa shape index (κ1) is 16.9. The van der Waals surface area contributed by atoms with Crippen LogP contribution in [-0.2, 0) is 0 Å². The molecule has 2 aromatic rings. The Hall–Kier alpha value is -2.50. The predicted octanol–water partition coefficient (Wildman–Crippen LogP) is 3.37. The number of nitrogens with one attached hydrogen (secondary N) is 1. The van der Waals surface area contributed by atoms with Crippen LogP contribution in [-0.4, -0.2) is 47.3 Å². The normalized spacial score (nSPS) is 18.4. The van der Waals surface area contributed by atoms with E-state index in [1.807, 2.05) is 29.2 Å². The largest absolute Gasteiger partial charge is 0.497 e. The number of aromatic amines is 1. The molecule has 0 spiro atoms. The molecule has 0 atom stereocenters. The summed E-state index contributed by atoms with van der Waals surface area (Å²) in [7, 11) is 1.64. The fourth-order valence-corrected chi connectivity index (χ4v) is 3.88. The zero-order chi connectivity index (χ0) is 17.9. The topological polar surface area (TPSA) is 67.5 Å². The second-order valence-electron chi connectivity index (χ2n) is 7.16. The van der Waals surface area contributed by atoms with Crippen molar-refractivity contribution < 1.29 is 14.3 Å². The van der Waals surface area contributed by atoms with E-state index in [0.717, 1.165) is 35.6 Å². The summed E-state index contributed by atoms with van der Waals surface area (Å²) in [5.74, 6) is 2.04. The van der Waals surface area contributed by atoms with Gasteiger partial charge < -0.3 is 14.4 Å². The molecule has 1 N–H and O–H groups in total. The molecule has 26 heavy (non-hydrogen) atoms. The van der Waals surface area contributed by atoms with E-state index in [4.69, 9.17) is 9.47 Å². The number of likely N-dealkylation sites (tertiary alicyclic amines) is 1. The lowest BCUT2D eigenvalue weighted by Crippen LogP contribution is -2.56. The summed E-state index contributed by atoms with van der Waals surface area (Å²) in [6, 6.07) is 7.55. The molecule has 4 rings (SSSR count). The zero-order valence-corrected chi connectivity index (χ0v) is 15.1. The highest BCUT2D eigenvalue weighted by atomic mass is 16.5. The average Bonchev–Trinajstić information content (AvgIpc) is 3.14. The van der Waals surface area contributed by atoms with E-state index in [1.54, 1.807) is 13.3 Å². The van der Waals surface area contributed by atoms with Gasteiger partial charge >= 0.3 is 0 Å². The van der Waals surface area contributed by atoms with Crippen LogP contribution in [0.25, 0.3) is 0 Å². The van der Waals surface area contributed by atoms with E-state index < -0.39 is 0 Å². The van der Waals surface area contributed by atoms with Crippen molar-refractivity contribution in [1.29, 1.82) is 0 Å². The lowest BCUT2D eigenvalue weighted by atomic mass is 9.85. The molecular formula is C20H25N3O3. The molecule has 1 aliphatic carbocycles. The van der Waals surface area contributed by atoms with Gasteiger partial charge in [-0.1, -0.05) is 25.3 Å². The van der Waals surface area contributed by atoms with E-state index >= 15 is 0 Å². The van der Waals surface area contributed by atoms with Crippen LogP contribution in [0.4, 0.5) is 0 Å². The summed E-state index contributed by atoms with van der Waals surface area (Å²) in [4.78, 5) is 14.7. The van der Waals surface area contributed by atoms with E-state index in [0.29, 0.717) is 19.0 Å². The van der Waals surface area contributed by atoms with Crippen molar-refractivity contribution in [3.63, 3.8) is 0 Å². The number of rotatable bonds is 5. The second-order valence-corrected chi connectivity index (χ2v) is 7.16. The van der Waals surface area contributed by atoms with Crippen molar-refractivity contribution in [3.8, 4) is 11.5 Å². The highest BCUT2D eigenvalue weighted by Crippen LogP contribution is 2.34. The third-order valence-electron chi connectivity index (χ3n) is 5.39. The highest BCUT2D eigenvalue weighted by molar-refractivity contribution is 5.95. The molecule has 1 saturated carbocycles. The van der Waals surface area contributed by atoms with E-state index in [-0.39, 0.29) is 12.0 Å². The molecule has 0 bridgehead atoms. The Morgan fingerprint density at radius 2 is 1.96 bits per heavy atom. The first-order valence-electron chi connectivity index (χ1n) is 9.38. The van der Waals surface area contributed by atoms with Gasteiger partial charge in [-0.3, -0.25) is 9.89 Å². The Kier molecular flexibility index (Phi) is 4.82. The molecule has 138 valence electrons. The molecule has 2 fully saturated rings. The van der Waals surface area contributed by atoms with Crippen LogP contribution in [0.2, 0.25) is 0 Å². The van der Waals surface area contributed by atoms with Crippen molar-refractivity contribution in [1.82, 2.24) is 15.1 Å². The molecule has 0 unspecified atom stereocenters. The van der Waals surface area contributed by atoms with Crippen LogP contribution >= 0.6 is 0 Å². The van der Waals surface area contributed by atoms with Gasteiger partial charge in [0.1, 0.15) is 17.6 Å². The van der Waals surface area contributed by atoms with Crippen molar-refractivity contribution in [2.24, 2.45) is 0 Å². The molecule has 1 aromatic carbocycles. The number of nitrogens with zero attached hydrogens (tertiary/aromatic N) is 2.